The lowest BCUT2D eigenvalue weighted by Crippen LogP contribution is -2.56. The number of carbonyl (C=O) groups is 2. The minimum Gasteiger partial charge on any atom is -0.394 e. The van der Waals surface area contributed by atoms with Gasteiger partial charge < -0.3 is 15.7 Å². The van der Waals surface area contributed by atoms with Crippen LogP contribution in [-0.2, 0) is 11.3 Å². The van der Waals surface area contributed by atoms with Crippen LogP contribution in [0.1, 0.15) is 63.4 Å². The number of aromatic nitrogens is 2. The molecule has 0 bridgehead atoms. The molecule has 8 nitrogen and oxygen atoms in total. The van der Waals surface area contributed by atoms with Crippen molar-refractivity contribution in [3.05, 3.63) is 30.0 Å². The Morgan fingerprint density at radius 1 is 1.29 bits per heavy atom. The van der Waals surface area contributed by atoms with Crippen molar-refractivity contribution in [2.45, 2.75) is 71.0 Å². The summed E-state index contributed by atoms with van der Waals surface area (Å²) in [5.41, 5.74) is 0.0454. The van der Waals surface area contributed by atoms with E-state index in [0.717, 1.165) is 36.6 Å². The standard InChI is InChI=1S/C23H31N5O3/c1-22(2,3)19(21(31)26-23(15-29)11-12-23)25-20(30)18-16-9-5-6-10-17(16)28(27-18)14-8-4-7-13-24/h5-6,9-10,19,29H,4,7-8,11-12,14-15H2,1-3H3,(H,25,30)(H,26,31)/t19-/m1/s1. The predicted molar refractivity (Wildman–Crippen MR) is 117 cm³/mol. The molecule has 3 N–H and O–H groups in total. The molecule has 166 valence electrons. The molecule has 0 saturated heterocycles. The lowest BCUT2D eigenvalue weighted by molar-refractivity contribution is -0.126. The number of nitriles is 1. The second-order valence-electron chi connectivity index (χ2n) is 9.40. The van der Waals surface area contributed by atoms with Crippen molar-refractivity contribution < 1.29 is 14.7 Å². The van der Waals surface area contributed by atoms with Crippen LogP contribution in [0.5, 0.6) is 0 Å². The smallest absolute Gasteiger partial charge is 0.273 e. The molecule has 1 saturated carbocycles. The summed E-state index contributed by atoms with van der Waals surface area (Å²) < 4.78 is 1.79. The maximum Gasteiger partial charge on any atom is 0.273 e. The molecule has 1 aromatic heterocycles. The topological polar surface area (TPSA) is 120 Å². The van der Waals surface area contributed by atoms with Crippen molar-refractivity contribution in [1.29, 1.82) is 5.26 Å². The van der Waals surface area contributed by atoms with Gasteiger partial charge in [-0.25, -0.2) is 0 Å². The van der Waals surface area contributed by atoms with Crippen molar-refractivity contribution in [1.82, 2.24) is 20.4 Å². The molecule has 2 amide bonds. The SMILES string of the molecule is CC(C)(C)[C@H](NC(=O)c1nn(CCCCC#N)c2ccccc12)C(=O)NC1(CO)CC1. The Morgan fingerprint density at radius 2 is 2.00 bits per heavy atom. The zero-order chi connectivity index (χ0) is 22.6. The van der Waals surface area contributed by atoms with Crippen molar-refractivity contribution in [3.8, 4) is 6.07 Å². The van der Waals surface area contributed by atoms with E-state index in [1.165, 1.54) is 0 Å². The van der Waals surface area contributed by atoms with E-state index in [-0.39, 0.29) is 18.2 Å². The second kappa shape index (κ2) is 9.06. The van der Waals surface area contributed by atoms with Crippen LogP contribution in [0, 0.1) is 16.7 Å². The first kappa shape index (κ1) is 22.8. The number of aryl methyl sites for hydroxylation is 1. The lowest BCUT2D eigenvalue weighted by atomic mass is 9.85. The van der Waals surface area contributed by atoms with Crippen LogP contribution in [-0.4, -0.2) is 44.9 Å². The third kappa shape index (κ3) is 5.23. The summed E-state index contributed by atoms with van der Waals surface area (Å²) in [5, 5.41) is 29.3. The molecule has 0 radical (unpaired) electrons. The molecule has 2 aromatic rings. The summed E-state index contributed by atoms with van der Waals surface area (Å²) >= 11 is 0. The molecular weight excluding hydrogens is 394 g/mol. The highest BCUT2D eigenvalue weighted by Crippen LogP contribution is 2.35. The molecule has 1 aliphatic rings. The number of hydrogen-bond acceptors (Lipinski definition) is 5. The van der Waals surface area contributed by atoms with E-state index in [1.807, 2.05) is 45.0 Å². The minimum absolute atomic E-state index is 0.107. The van der Waals surface area contributed by atoms with Crippen molar-refractivity contribution in [2.24, 2.45) is 5.41 Å². The van der Waals surface area contributed by atoms with Gasteiger partial charge in [0.15, 0.2) is 5.69 Å². The number of nitrogens with zero attached hydrogens (tertiary/aromatic N) is 3. The van der Waals surface area contributed by atoms with Crippen molar-refractivity contribution in [3.63, 3.8) is 0 Å². The molecule has 1 fully saturated rings. The van der Waals surface area contributed by atoms with E-state index in [9.17, 15) is 14.7 Å². The minimum atomic E-state index is -0.774. The van der Waals surface area contributed by atoms with Gasteiger partial charge in [-0.05, 0) is 37.2 Å². The molecule has 1 heterocycles. The van der Waals surface area contributed by atoms with E-state index in [2.05, 4.69) is 21.8 Å². The van der Waals surface area contributed by atoms with Gasteiger partial charge >= 0.3 is 0 Å². The first-order chi connectivity index (χ1) is 14.7. The van der Waals surface area contributed by atoms with Gasteiger partial charge in [0.05, 0.1) is 23.7 Å². The van der Waals surface area contributed by atoms with Gasteiger partial charge in [0.2, 0.25) is 5.91 Å². The number of unbranched alkanes of at least 4 members (excludes halogenated alkanes) is 2. The molecule has 31 heavy (non-hydrogen) atoms. The molecule has 0 spiro atoms. The average Bonchev–Trinajstić information content (AvgIpc) is 3.40. The molecular formula is C23H31N5O3. The Bertz CT molecular complexity index is 995. The highest BCUT2D eigenvalue weighted by molar-refractivity contribution is 6.06. The Morgan fingerprint density at radius 3 is 2.61 bits per heavy atom. The largest absolute Gasteiger partial charge is 0.394 e. The van der Waals surface area contributed by atoms with Crippen molar-refractivity contribution >= 4 is 22.7 Å². The third-order valence-electron chi connectivity index (χ3n) is 5.73. The van der Waals surface area contributed by atoms with Gasteiger partial charge in [-0.1, -0.05) is 39.0 Å². The molecule has 3 rings (SSSR count). The number of nitrogens with one attached hydrogen (secondary N) is 2. The summed E-state index contributed by atoms with van der Waals surface area (Å²) in [6, 6.07) is 8.87. The molecule has 1 atom stereocenters. The highest BCUT2D eigenvalue weighted by atomic mass is 16.3. The van der Waals surface area contributed by atoms with Gasteiger partial charge in [0.25, 0.3) is 5.91 Å². The Hall–Kier alpha value is -2.92. The fourth-order valence-electron chi connectivity index (χ4n) is 3.61. The number of amides is 2. The van der Waals surface area contributed by atoms with Crippen LogP contribution in [0.2, 0.25) is 0 Å². The van der Waals surface area contributed by atoms with Gasteiger partial charge in [-0.15, -0.1) is 0 Å². The van der Waals surface area contributed by atoms with Gasteiger partial charge in [-0.3, -0.25) is 14.3 Å². The normalized spacial score (nSPS) is 15.8. The van der Waals surface area contributed by atoms with Crippen LogP contribution < -0.4 is 10.6 Å². The van der Waals surface area contributed by atoms with E-state index in [0.29, 0.717) is 13.0 Å². The number of carbonyl (C=O) groups excluding carboxylic acids is 2. The van der Waals surface area contributed by atoms with Crippen LogP contribution >= 0.6 is 0 Å². The van der Waals surface area contributed by atoms with Gasteiger partial charge in [0, 0.05) is 18.4 Å². The van der Waals surface area contributed by atoms with Crippen LogP contribution in [0.15, 0.2) is 24.3 Å². The predicted octanol–water partition coefficient (Wildman–Crippen LogP) is 2.52. The van der Waals surface area contributed by atoms with E-state index in [4.69, 9.17) is 5.26 Å². The number of hydrogen-bond donors (Lipinski definition) is 3. The summed E-state index contributed by atoms with van der Waals surface area (Å²) in [5.74, 6) is -0.705. The van der Waals surface area contributed by atoms with E-state index < -0.39 is 22.9 Å². The van der Waals surface area contributed by atoms with E-state index in [1.54, 1.807) is 4.68 Å². The monoisotopic (exact) mass is 425 g/mol. The number of para-hydroxylation sites is 1. The van der Waals surface area contributed by atoms with Gasteiger partial charge in [-0.2, -0.15) is 10.4 Å². The summed E-state index contributed by atoms with van der Waals surface area (Å²) in [6.07, 6.45) is 3.52. The number of benzene rings is 1. The molecule has 0 unspecified atom stereocenters. The van der Waals surface area contributed by atoms with Crippen LogP contribution in [0.3, 0.4) is 0 Å². The second-order valence-corrected chi connectivity index (χ2v) is 9.40. The van der Waals surface area contributed by atoms with Crippen LogP contribution in [0.4, 0.5) is 0 Å². The molecule has 1 aliphatic carbocycles. The maximum atomic E-state index is 13.2. The van der Waals surface area contributed by atoms with Gasteiger partial charge in [0.1, 0.15) is 6.04 Å². The fraction of sp³-hybridized carbons (Fsp3) is 0.565. The Kier molecular flexibility index (Phi) is 6.65. The third-order valence-corrected chi connectivity index (χ3v) is 5.73. The number of aliphatic hydroxyl groups is 1. The van der Waals surface area contributed by atoms with Crippen LogP contribution in [0.25, 0.3) is 10.9 Å². The molecule has 8 heteroatoms. The zero-order valence-corrected chi connectivity index (χ0v) is 18.4. The zero-order valence-electron chi connectivity index (χ0n) is 18.4. The number of rotatable bonds is 9. The summed E-state index contributed by atoms with van der Waals surface area (Å²) in [4.78, 5) is 26.2. The van der Waals surface area contributed by atoms with E-state index >= 15 is 0 Å². The molecule has 1 aromatic carbocycles. The number of fused-ring (bicyclic) bond motifs is 1. The molecule has 0 aliphatic heterocycles. The average molecular weight is 426 g/mol. The Balaban J connectivity index is 1.82. The first-order valence-corrected chi connectivity index (χ1v) is 10.8. The quantitative estimate of drug-likeness (QED) is 0.533. The number of aliphatic hydroxyl groups excluding tert-OH is 1. The highest BCUT2D eigenvalue weighted by Gasteiger charge is 2.46. The first-order valence-electron chi connectivity index (χ1n) is 10.8. The fourth-order valence-corrected chi connectivity index (χ4v) is 3.61. The van der Waals surface area contributed by atoms with Crippen molar-refractivity contribution in [2.75, 3.05) is 6.61 Å². The Labute approximate surface area is 182 Å². The maximum absolute atomic E-state index is 13.2. The summed E-state index contributed by atoms with van der Waals surface area (Å²) in [7, 11) is 0. The summed E-state index contributed by atoms with van der Waals surface area (Å²) in [6.45, 7) is 6.17. The lowest BCUT2D eigenvalue weighted by Gasteiger charge is -2.31.